The van der Waals surface area contributed by atoms with Crippen LogP contribution in [0.3, 0.4) is 0 Å². The first-order valence-electron chi connectivity index (χ1n) is 5.86. The summed E-state index contributed by atoms with van der Waals surface area (Å²) in [6, 6.07) is 12.5. The second-order valence-corrected chi connectivity index (χ2v) is 5.17. The molecule has 0 aliphatic carbocycles. The fourth-order valence-corrected chi connectivity index (χ4v) is 3.09. The second kappa shape index (κ2) is 5.00. The third kappa shape index (κ3) is 2.41. The Morgan fingerprint density at radius 2 is 2.12 bits per heavy atom. The lowest BCUT2D eigenvalue weighted by atomic mass is 10.1. The minimum absolute atomic E-state index is 0.207. The van der Waals surface area contributed by atoms with Crippen LogP contribution in [0.15, 0.2) is 41.8 Å². The summed E-state index contributed by atoms with van der Waals surface area (Å²) < 4.78 is 6.00. The van der Waals surface area contributed by atoms with E-state index < -0.39 is 0 Å². The van der Waals surface area contributed by atoms with Crippen LogP contribution < -0.4 is 5.32 Å². The molecular weight excluding hydrogens is 230 g/mol. The van der Waals surface area contributed by atoms with Crippen molar-refractivity contribution in [1.82, 2.24) is 5.32 Å². The van der Waals surface area contributed by atoms with Gasteiger partial charge in [0.1, 0.15) is 6.10 Å². The zero-order valence-corrected chi connectivity index (χ0v) is 10.4. The van der Waals surface area contributed by atoms with Gasteiger partial charge in [0, 0.05) is 18.0 Å². The zero-order valence-electron chi connectivity index (χ0n) is 9.56. The zero-order chi connectivity index (χ0) is 11.5. The maximum absolute atomic E-state index is 6.00. The molecule has 0 amide bonds. The molecule has 0 radical (unpaired) electrons. The number of thiophene rings is 1. The topological polar surface area (TPSA) is 21.3 Å². The van der Waals surface area contributed by atoms with Crippen molar-refractivity contribution in [1.29, 1.82) is 0 Å². The van der Waals surface area contributed by atoms with Crippen LogP contribution in [0.2, 0.25) is 0 Å². The van der Waals surface area contributed by atoms with Crippen molar-refractivity contribution in [2.75, 3.05) is 6.54 Å². The number of rotatable bonds is 3. The molecule has 0 bridgehead atoms. The molecule has 1 aromatic heterocycles. The van der Waals surface area contributed by atoms with E-state index in [1.54, 1.807) is 11.3 Å². The van der Waals surface area contributed by atoms with Gasteiger partial charge in [0.25, 0.3) is 0 Å². The van der Waals surface area contributed by atoms with Gasteiger partial charge >= 0.3 is 0 Å². The first-order valence-corrected chi connectivity index (χ1v) is 6.74. The maximum atomic E-state index is 6.00. The summed E-state index contributed by atoms with van der Waals surface area (Å²) >= 11 is 1.80. The number of fused-ring (bicyclic) bond motifs is 1. The smallest absolute Gasteiger partial charge is 0.105 e. The molecule has 88 valence electrons. The molecule has 0 saturated carbocycles. The number of hydrogen-bond donors (Lipinski definition) is 1. The second-order valence-electron chi connectivity index (χ2n) is 4.23. The van der Waals surface area contributed by atoms with E-state index in [-0.39, 0.29) is 6.10 Å². The van der Waals surface area contributed by atoms with Gasteiger partial charge in [-0.3, -0.25) is 0 Å². The fourth-order valence-electron chi connectivity index (χ4n) is 2.11. The average molecular weight is 245 g/mol. The third-order valence-corrected chi connectivity index (χ3v) is 4.06. The molecule has 17 heavy (non-hydrogen) atoms. The SMILES string of the molecule is c1ccc(COC2CNCc3ccsc32)cc1. The molecule has 0 saturated heterocycles. The number of nitrogens with one attached hydrogen (secondary N) is 1. The summed E-state index contributed by atoms with van der Waals surface area (Å²) in [6.45, 7) is 2.58. The van der Waals surface area contributed by atoms with Crippen LogP contribution in [0.4, 0.5) is 0 Å². The van der Waals surface area contributed by atoms with E-state index in [1.165, 1.54) is 16.0 Å². The van der Waals surface area contributed by atoms with Crippen molar-refractivity contribution in [2.45, 2.75) is 19.3 Å². The summed E-state index contributed by atoms with van der Waals surface area (Å²) in [5, 5.41) is 5.54. The Labute approximate surface area is 105 Å². The summed E-state index contributed by atoms with van der Waals surface area (Å²) in [4.78, 5) is 1.39. The summed E-state index contributed by atoms with van der Waals surface area (Å²) in [6.07, 6.45) is 0.207. The lowest BCUT2D eigenvalue weighted by molar-refractivity contribution is 0.0374. The van der Waals surface area contributed by atoms with Crippen molar-refractivity contribution in [3.63, 3.8) is 0 Å². The summed E-state index contributed by atoms with van der Waals surface area (Å²) in [5.41, 5.74) is 2.62. The Kier molecular flexibility index (Phi) is 3.22. The van der Waals surface area contributed by atoms with Crippen molar-refractivity contribution in [3.8, 4) is 0 Å². The third-order valence-electron chi connectivity index (χ3n) is 3.01. The Bertz CT molecular complexity index is 480. The van der Waals surface area contributed by atoms with Gasteiger partial charge in [0.2, 0.25) is 0 Å². The maximum Gasteiger partial charge on any atom is 0.105 e. The Morgan fingerprint density at radius 3 is 3.00 bits per heavy atom. The molecule has 3 heteroatoms. The molecule has 0 fully saturated rings. The fraction of sp³-hybridized carbons (Fsp3) is 0.286. The summed E-state index contributed by atoms with van der Waals surface area (Å²) in [7, 11) is 0. The first kappa shape index (κ1) is 11.0. The Hall–Kier alpha value is -1.16. The van der Waals surface area contributed by atoms with Gasteiger partial charge in [0.15, 0.2) is 0 Å². The van der Waals surface area contributed by atoms with Crippen LogP contribution >= 0.6 is 11.3 Å². The van der Waals surface area contributed by atoms with Crippen LogP contribution in [0, 0.1) is 0 Å². The molecule has 3 rings (SSSR count). The molecule has 1 unspecified atom stereocenters. The average Bonchev–Trinajstić information content (AvgIpc) is 2.86. The van der Waals surface area contributed by atoms with Crippen molar-refractivity contribution in [3.05, 3.63) is 57.8 Å². The van der Waals surface area contributed by atoms with Gasteiger partial charge in [-0.15, -0.1) is 11.3 Å². The lowest BCUT2D eigenvalue weighted by Gasteiger charge is -2.23. The largest absolute Gasteiger partial charge is 0.367 e. The van der Waals surface area contributed by atoms with E-state index in [1.807, 2.05) is 18.2 Å². The highest BCUT2D eigenvalue weighted by Gasteiger charge is 2.21. The van der Waals surface area contributed by atoms with Gasteiger partial charge in [0.05, 0.1) is 6.61 Å². The minimum atomic E-state index is 0.207. The van der Waals surface area contributed by atoms with Crippen LogP contribution in [-0.4, -0.2) is 6.54 Å². The van der Waals surface area contributed by atoms with Crippen molar-refractivity contribution >= 4 is 11.3 Å². The quantitative estimate of drug-likeness (QED) is 0.897. The van der Waals surface area contributed by atoms with Crippen LogP contribution in [0.25, 0.3) is 0 Å². The van der Waals surface area contributed by atoms with Crippen LogP contribution in [-0.2, 0) is 17.9 Å². The molecule has 1 atom stereocenters. The van der Waals surface area contributed by atoms with Crippen molar-refractivity contribution < 1.29 is 4.74 Å². The Balaban J connectivity index is 1.68. The van der Waals surface area contributed by atoms with Crippen LogP contribution in [0.1, 0.15) is 22.1 Å². The highest BCUT2D eigenvalue weighted by Crippen LogP contribution is 2.30. The molecule has 1 N–H and O–H groups in total. The molecule has 2 heterocycles. The molecule has 0 spiro atoms. The van der Waals surface area contributed by atoms with Gasteiger partial charge in [-0.1, -0.05) is 30.3 Å². The molecule has 2 aromatic rings. The van der Waals surface area contributed by atoms with Gasteiger partial charge in [-0.2, -0.15) is 0 Å². The Morgan fingerprint density at radius 1 is 1.24 bits per heavy atom. The number of ether oxygens (including phenoxy) is 1. The minimum Gasteiger partial charge on any atom is -0.367 e. The van der Waals surface area contributed by atoms with E-state index in [0.717, 1.165) is 13.1 Å². The lowest BCUT2D eigenvalue weighted by Crippen LogP contribution is -2.28. The number of benzene rings is 1. The molecule has 2 nitrogen and oxygen atoms in total. The van der Waals surface area contributed by atoms with Gasteiger partial charge < -0.3 is 10.1 Å². The van der Waals surface area contributed by atoms with Gasteiger partial charge in [-0.05, 0) is 22.6 Å². The van der Waals surface area contributed by atoms with E-state index >= 15 is 0 Å². The normalized spacial score (nSPS) is 18.9. The molecule has 1 aliphatic rings. The highest BCUT2D eigenvalue weighted by atomic mass is 32.1. The monoisotopic (exact) mass is 245 g/mol. The van der Waals surface area contributed by atoms with E-state index in [4.69, 9.17) is 4.74 Å². The predicted molar refractivity (Wildman–Crippen MR) is 70.0 cm³/mol. The highest BCUT2D eigenvalue weighted by molar-refractivity contribution is 7.10. The van der Waals surface area contributed by atoms with Crippen LogP contribution in [0.5, 0.6) is 0 Å². The van der Waals surface area contributed by atoms with E-state index in [9.17, 15) is 0 Å². The predicted octanol–water partition coefficient (Wildman–Crippen LogP) is 3.11. The van der Waals surface area contributed by atoms with E-state index in [2.05, 4.69) is 28.9 Å². The first-order chi connectivity index (χ1) is 8.43. The standard InChI is InChI=1S/C14H15NOS/c1-2-4-11(5-3-1)10-16-13-9-15-8-12-6-7-17-14(12)13/h1-7,13,15H,8-10H2. The van der Waals surface area contributed by atoms with E-state index in [0.29, 0.717) is 6.61 Å². The number of hydrogen-bond acceptors (Lipinski definition) is 3. The van der Waals surface area contributed by atoms with Gasteiger partial charge in [-0.25, -0.2) is 0 Å². The van der Waals surface area contributed by atoms with Crippen molar-refractivity contribution in [2.24, 2.45) is 0 Å². The molecule has 1 aliphatic heterocycles. The summed E-state index contributed by atoms with van der Waals surface area (Å²) in [5.74, 6) is 0. The molecule has 1 aromatic carbocycles. The molecular formula is C14H15NOS.